The fourth-order valence-corrected chi connectivity index (χ4v) is 3.11. The minimum Gasteiger partial charge on any atom is -0.469 e. The lowest BCUT2D eigenvalue weighted by atomic mass is 9.88. The van der Waals surface area contributed by atoms with Crippen molar-refractivity contribution in [3.63, 3.8) is 0 Å². The molecule has 1 aliphatic carbocycles. The first-order valence-corrected chi connectivity index (χ1v) is 7.67. The van der Waals surface area contributed by atoms with Gasteiger partial charge in [0.05, 0.1) is 13.0 Å². The van der Waals surface area contributed by atoms with E-state index in [0.717, 1.165) is 26.1 Å². The number of methoxy groups -OCH3 is 1. The highest BCUT2D eigenvalue weighted by molar-refractivity contribution is 5.73. The van der Waals surface area contributed by atoms with Gasteiger partial charge in [0.25, 0.3) is 0 Å². The van der Waals surface area contributed by atoms with Gasteiger partial charge in [-0.1, -0.05) is 6.42 Å². The topological polar surface area (TPSA) is 41.6 Å². The molecule has 0 spiro atoms. The maximum Gasteiger partial charge on any atom is 0.310 e. The van der Waals surface area contributed by atoms with Crippen molar-refractivity contribution in [3.8, 4) is 0 Å². The second-order valence-electron chi connectivity index (χ2n) is 6.30. The molecule has 4 nitrogen and oxygen atoms in total. The van der Waals surface area contributed by atoms with Gasteiger partial charge in [0.2, 0.25) is 0 Å². The van der Waals surface area contributed by atoms with E-state index in [4.69, 9.17) is 4.74 Å². The van der Waals surface area contributed by atoms with Gasteiger partial charge < -0.3 is 15.0 Å². The van der Waals surface area contributed by atoms with Crippen LogP contribution in [0.25, 0.3) is 0 Å². The van der Waals surface area contributed by atoms with E-state index in [-0.39, 0.29) is 11.9 Å². The highest BCUT2D eigenvalue weighted by atomic mass is 16.5. The molecule has 0 aromatic rings. The number of rotatable bonds is 6. The Morgan fingerprint density at radius 1 is 1.37 bits per heavy atom. The Morgan fingerprint density at radius 3 is 2.58 bits per heavy atom. The molecule has 0 radical (unpaired) electrons. The quantitative estimate of drug-likeness (QED) is 0.744. The van der Waals surface area contributed by atoms with Crippen LogP contribution in [0.2, 0.25) is 0 Å². The predicted octanol–water partition coefficient (Wildman–Crippen LogP) is 1.65. The second-order valence-corrected chi connectivity index (χ2v) is 6.30. The van der Waals surface area contributed by atoms with Crippen LogP contribution in [0.15, 0.2) is 0 Å². The van der Waals surface area contributed by atoms with Crippen molar-refractivity contribution < 1.29 is 9.53 Å². The lowest BCUT2D eigenvalue weighted by Gasteiger charge is -2.30. The van der Waals surface area contributed by atoms with E-state index in [1.165, 1.54) is 26.4 Å². The van der Waals surface area contributed by atoms with Crippen LogP contribution in [0.3, 0.4) is 0 Å². The van der Waals surface area contributed by atoms with Crippen molar-refractivity contribution in [1.82, 2.24) is 10.2 Å². The SMILES string of the molecule is COC(=O)C(CNC1CCC1)C1CCN(C(C)C)C1. The molecule has 2 fully saturated rings. The second kappa shape index (κ2) is 6.71. The first-order chi connectivity index (χ1) is 9.11. The van der Waals surface area contributed by atoms with Gasteiger partial charge in [-0.15, -0.1) is 0 Å². The summed E-state index contributed by atoms with van der Waals surface area (Å²) in [6.07, 6.45) is 4.96. The highest BCUT2D eigenvalue weighted by Gasteiger charge is 2.35. The van der Waals surface area contributed by atoms with Gasteiger partial charge in [0.15, 0.2) is 0 Å². The lowest BCUT2D eigenvalue weighted by molar-refractivity contribution is -0.147. The standard InChI is InChI=1S/C15H28N2O2/c1-11(2)17-8-7-12(10-17)14(15(18)19-3)9-16-13-5-4-6-13/h11-14,16H,4-10H2,1-3H3. The van der Waals surface area contributed by atoms with E-state index in [2.05, 4.69) is 24.1 Å². The highest BCUT2D eigenvalue weighted by Crippen LogP contribution is 2.27. The van der Waals surface area contributed by atoms with Gasteiger partial charge in [-0.05, 0) is 45.6 Å². The Balaban J connectivity index is 1.87. The largest absolute Gasteiger partial charge is 0.469 e. The van der Waals surface area contributed by atoms with Crippen LogP contribution in [0.4, 0.5) is 0 Å². The molecule has 2 aliphatic rings. The third-order valence-corrected chi connectivity index (χ3v) is 4.79. The van der Waals surface area contributed by atoms with E-state index in [0.29, 0.717) is 18.0 Å². The smallest absolute Gasteiger partial charge is 0.310 e. The molecule has 1 heterocycles. The molecular weight excluding hydrogens is 240 g/mol. The van der Waals surface area contributed by atoms with Crippen molar-refractivity contribution in [2.75, 3.05) is 26.7 Å². The van der Waals surface area contributed by atoms with Crippen LogP contribution < -0.4 is 5.32 Å². The van der Waals surface area contributed by atoms with Crippen molar-refractivity contribution in [1.29, 1.82) is 0 Å². The van der Waals surface area contributed by atoms with Gasteiger partial charge in [0.1, 0.15) is 0 Å². The summed E-state index contributed by atoms with van der Waals surface area (Å²) in [5.74, 6) is 0.430. The van der Waals surface area contributed by atoms with Crippen LogP contribution >= 0.6 is 0 Å². The number of carbonyl (C=O) groups excluding carboxylic acids is 1. The molecule has 1 aliphatic heterocycles. The van der Waals surface area contributed by atoms with Crippen molar-refractivity contribution in [3.05, 3.63) is 0 Å². The molecule has 0 amide bonds. The summed E-state index contributed by atoms with van der Waals surface area (Å²) < 4.78 is 5.01. The average molecular weight is 268 g/mol. The molecule has 1 N–H and O–H groups in total. The molecule has 2 unspecified atom stereocenters. The number of carbonyl (C=O) groups is 1. The Hall–Kier alpha value is -0.610. The number of esters is 1. The number of ether oxygens (including phenoxy) is 1. The fourth-order valence-electron chi connectivity index (χ4n) is 3.11. The molecule has 110 valence electrons. The molecular formula is C15H28N2O2. The maximum absolute atomic E-state index is 12.0. The Labute approximate surface area is 116 Å². The van der Waals surface area contributed by atoms with Gasteiger partial charge in [-0.25, -0.2) is 0 Å². The minimum absolute atomic E-state index is 0.0225. The molecule has 1 saturated heterocycles. The zero-order chi connectivity index (χ0) is 13.8. The monoisotopic (exact) mass is 268 g/mol. The van der Waals surface area contributed by atoms with Crippen molar-refractivity contribution in [2.24, 2.45) is 11.8 Å². The zero-order valence-corrected chi connectivity index (χ0v) is 12.5. The summed E-state index contributed by atoms with van der Waals surface area (Å²) in [6, 6.07) is 1.21. The van der Waals surface area contributed by atoms with E-state index in [1.54, 1.807) is 0 Å². The molecule has 0 bridgehead atoms. The van der Waals surface area contributed by atoms with Crippen molar-refractivity contribution in [2.45, 2.75) is 51.6 Å². The van der Waals surface area contributed by atoms with Crippen LogP contribution in [-0.4, -0.2) is 49.7 Å². The van der Waals surface area contributed by atoms with Gasteiger partial charge in [-0.2, -0.15) is 0 Å². The fraction of sp³-hybridized carbons (Fsp3) is 0.933. The van der Waals surface area contributed by atoms with E-state index < -0.39 is 0 Å². The minimum atomic E-state index is -0.0394. The zero-order valence-electron chi connectivity index (χ0n) is 12.5. The first kappa shape index (κ1) is 14.8. The Kier molecular flexibility index (Phi) is 5.22. The van der Waals surface area contributed by atoms with Crippen LogP contribution in [0.1, 0.15) is 39.5 Å². The van der Waals surface area contributed by atoms with Gasteiger partial charge in [-0.3, -0.25) is 4.79 Å². The van der Waals surface area contributed by atoms with E-state index in [1.807, 2.05) is 0 Å². The molecule has 0 aromatic carbocycles. The summed E-state index contributed by atoms with van der Waals surface area (Å²) in [5, 5.41) is 3.54. The number of hydrogen-bond donors (Lipinski definition) is 1. The molecule has 2 atom stereocenters. The summed E-state index contributed by atoms with van der Waals surface area (Å²) in [6.45, 7) is 7.38. The molecule has 19 heavy (non-hydrogen) atoms. The number of hydrogen-bond acceptors (Lipinski definition) is 4. The van der Waals surface area contributed by atoms with E-state index in [9.17, 15) is 4.79 Å². The van der Waals surface area contributed by atoms with E-state index >= 15 is 0 Å². The number of nitrogens with zero attached hydrogens (tertiary/aromatic N) is 1. The van der Waals surface area contributed by atoms with Crippen molar-refractivity contribution >= 4 is 5.97 Å². The number of nitrogens with one attached hydrogen (secondary N) is 1. The Morgan fingerprint density at radius 2 is 2.11 bits per heavy atom. The average Bonchev–Trinajstić information content (AvgIpc) is 2.81. The molecule has 4 heteroatoms. The first-order valence-electron chi connectivity index (χ1n) is 7.67. The van der Waals surface area contributed by atoms with Gasteiger partial charge >= 0.3 is 5.97 Å². The summed E-state index contributed by atoms with van der Waals surface area (Å²) in [4.78, 5) is 14.5. The summed E-state index contributed by atoms with van der Waals surface area (Å²) in [7, 11) is 1.51. The normalized spacial score (nSPS) is 26.4. The maximum atomic E-state index is 12.0. The third kappa shape index (κ3) is 3.69. The third-order valence-electron chi connectivity index (χ3n) is 4.79. The molecule has 0 aromatic heterocycles. The Bertz CT molecular complexity index is 303. The number of likely N-dealkylation sites (tertiary alicyclic amines) is 1. The van der Waals surface area contributed by atoms with Crippen LogP contribution in [-0.2, 0) is 9.53 Å². The lowest BCUT2D eigenvalue weighted by Crippen LogP contribution is -2.43. The van der Waals surface area contributed by atoms with Gasteiger partial charge in [0, 0.05) is 25.2 Å². The summed E-state index contributed by atoms with van der Waals surface area (Å²) >= 11 is 0. The summed E-state index contributed by atoms with van der Waals surface area (Å²) in [5.41, 5.74) is 0. The predicted molar refractivity (Wildman–Crippen MR) is 76.0 cm³/mol. The van der Waals surface area contributed by atoms with Crippen LogP contribution in [0, 0.1) is 11.8 Å². The molecule has 1 saturated carbocycles. The molecule has 2 rings (SSSR count). The van der Waals surface area contributed by atoms with Crippen LogP contribution in [0.5, 0.6) is 0 Å².